The molecule has 0 N–H and O–H groups in total. The Kier molecular flexibility index (Phi) is 6.48. The lowest BCUT2D eigenvalue weighted by Crippen LogP contribution is -2.45. The average molecular weight is 346 g/mol. The van der Waals surface area contributed by atoms with Crippen LogP contribution in [0.4, 0.5) is 0 Å². The number of hydrogen-bond acceptors (Lipinski definition) is 3. The van der Waals surface area contributed by atoms with Gasteiger partial charge >= 0.3 is 0 Å². The molecule has 6 heteroatoms. The molecule has 0 spiro atoms. The van der Waals surface area contributed by atoms with Gasteiger partial charge in [0.05, 0.1) is 0 Å². The van der Waals surface area contributed by atoms with Crippen LogP contribution < -0.4 is 0 Å². The van der Waals surface area contributed by atoms with Crippen LogP contribution in [-0.2, 0) is 16.1 Å². The highest BCUT2D eigenvalue weighted by Crippen LogP contribution is 2.21. The number of aryl methyl sites for hydroxylation is 1. The Morgan fingerprint density at radius 2 is 2.00 bits per heavy atom. The quantitative estimate of drug-likeness (QED) is 0.795. The molecule has 138 valence electrons. The second kappa shape index (κ2) is 9.02. The van der Waals surface area contributed by atoms with Gasteiger partial charge < -0.3 is 9.80 Å². The Morgan fingerprint density at radius 3 is 2.84 bits per heavy atom. The molecule has 0 radical (unpaired) electrons. The van der Waals surface area contributed by atoms with Gasteiger partial charge in [0.2, 0.25) is 11.8 Å². The number of carbonyl (C=O) groups excluding carboxylic acids is 2. The highest BCUT2D eigenvalue weighted by molar-refractivity contribution is 5.79. The molecular formula is C19H30N4O2. The van der Waals surface area contributed by atoms with Crippen molar-refractivity contribution in [1.29, 1.82) is 0 Å². The van der Waals surface area contributed by atoms with Crippen LogP contribution in [-0.4, -0.2) is 57.1 Å². The summed E-state index contributed by atoms with van der Waals surface area (Å²) in [6.07, 6.45) is 12.4. The Labute approximate surface area is 150 Å². The molecular weight excluding hydrogens is 316 g/mol. The largest absolute Gasteiger partial charge is 0.342 e. The van der Waals surface area contributed by atoms with Gasteiger partial charge in [0.25, 0.3) is 0 Å². The topological polar surface area (TPSA) is 58.4 Å². The smallest absolute Gasteiger partial charge is 0.224 e. The van der Waals surface area contributed by atoms with Crippen molar-refractivity contribution in [3.05, 3.63) is 18.5 Å². The minimum Gasteiger partial charge on any atom is -0.342 e. The number of nitrogens with zero attached hydrogens (tertiary/aromatic N) is 4. The molecule has 2 fully saturated rings. The van der Waals surface area contributed by atoms with Gasteiger partial charge in [-0.05, 0) is 44.6 Å². The molecule has 1 aromatic heterocycles. The monoisotopic (exact) mass is 346 g/mol. The summed E-state index contributed by atoms with van der Waals surface area (Å²) in [5, 5.41) is 4.25. The minimum absolute atomic E-state index is 0.210. The molecule has 1 unspecified atom stereocenters. The number of rotatable bonds is 6. The summed E-state index contributed by atoms with van der Waals surface area (Å²) < 4.78 is 1.94. The molecule has 1 atom stereocenters. The predicted octanol–water partition coefficient (Wildman–Crippen LogP) is 2.45. The third-order valence-corrected chi connectivity index (χ3v) is 5.47. The van der Waals surface area contributed by atoms with Crippen LogP contribution in [0.5, 0.6) is 0 Å². The molecule has 3 rings (SSSR count). The lowest BCUT2D eigenvalue weighted by molar-refractivity contribution is -0.136. The SMILES string of the molecule is O=C1CCCCCN1CCC(=O)N1CCCCC1CCn1cccn1. The number of carbonyl (C=O) groups is 2. The number of hydrogen-bond donors (Lipinski definition) is 0. The van der Waals surface area contributed by atoms with Gasteiger partial charge in [-0.25, -0.2) is 0 Å². The molecule has 6 nitrogen and oxygen atoms in total. The van der Waals surface area contributed by atoms with E-state index >= 15 is 0 Å². The lowest BCUT2D eigenvalue weighted by atomic mass is 9.99. The van der Waals surface area contributed by atoms with Crippen LogP contribution in [0.25, 0.3) is 0 Å². The van der Waals surface area contributed by atoms with Crippen LogP contribution in [0.2, 0.25) is 0 Å². The van der Waals surface area contributed by atoms with Gasteiger partial charge in [-0.15, -0.1) is 0 Å². The van der Waals surface area contributed by atoms with Gasteiger partial charge in [-0.1, -0.05) is 6.42 Å². The molecule has 0 bridgehead atoms. The average Bonchev–Trinajstić information content (AvgIpc) is 3.07. The molecule has 0 aliphatic carbocycles. The molecule has 25 heavy (non-hydrogen) atoms. The van der Waals surface area contributed by atoms with Crippen LogP contribution in [0, 0.1) is 0 Å². The van der Waals surface area contributed by atoms with Crippen LogP contribution in [0.15, 0.2) is 18.5 Å². The van der Waals surface area contributed by atoms with Crippen molar-refractivity contribution >= 4 is 11.8 Å². The number of aromatic nitrogens is 2. The first-order valence-electron chi connectivity index (χ1n) is 9.79. The van der Waals surface area contributed by atoms with E-state index in [4.69, 9.17) is 0 Å². The zero-order chi connectivity index (χ0) is 17.5. The highest BCUT2D eigenvalue weighted by atomic mass is 16.2. The fourth-order valence-electron chi connectivity index (χ4n) is 3.99. The molecule has 0 saturated carbocycles. The van der Waals surface area contributed by atoms with Crippen LogP contribution in [0.3, 0.4) is 0 Å². The van der Waals surface area contributed by atoms with E-state index in [1.54, 1.807) is 6.20 Å². The van der Waals surface area contributed by atoms with Crippen molar-refractivity contribution in [2.75, 3.05) is 19.6 Å². The van der Waals surface area contributed by atoms with Gasteiger partial charge in [0.15, 0.2) is 0 Å². The summed E-state index contributed by atoms with van der Waals surface area (Å²) in [4.78, 5) is 28.8. The van der Waals surface area contributed by atoms with E-state index in [9.17, 15) is 9.59 Å². The second-order valence-electron chi connectivity index (χ2n) is 7.24. The number of amides is 2. The summed E-state index contributed by atoms with van der Waals surface area (Å²) >= 11 is 0. The van der Waals surface area contributed by atoms with E-state index in [0.717, 1.165) is 58.2 Å². The second-order valence-corrected chi connectivity index (χ2v) is 7.24. The molecule has 2 aliphatic rings. The molecule has 0 aromatic carbocycles. The van der Waals surface area contributed by atoms with Crippen molar-refractivity contribution in [3.8, 4) is 0 Å². The maximum Gasteiger partial charge on any atom is 0.224 e. The summed E-state index contributed by atoms with van der Waals surface area (Å²) in [6, 6.07) is 2.24. The summed E-state index contributed by atoms with van der Waals surface area (Å²) in [7, 11) is 0. The van der Waals surface area contributed by atoms with Gasteiger partial charge in [0.1, 0.15) is 0 Å². The third kappa shape index (κ3) is 5.06. The fraction of sp³-hybridized carbons (Fsp3) is 0.737. The van der Waals surface area contributed by atoms with E-state index in [-0.39, 0.29) is 11.8 Å². The maximum atomic E-state index is 12.8. The molecule has 3 heterocycles. The van der Waals surface area contributed by atoms with E-state index in [1.807, 2.05) is 21.8 Å². The standard InChI is InChI=1S/C19H30N4O2/c24-18-8-2-1-4-12-21(18)15-10-19(25)23-14-5-3-7-17(23)9-16-22-13-6-11-20-22/h6,11,13,17H,1-5,7-10,12,14-16H2. The Balaban J connectivity index is 1.50. The zero-order valence-electron chi connectivity index (χ0n) is 15.1. The minimum atomic E-state index is 0.210. The summed E-state index contributed by atoms with van der Waals surface area (Å²) in [5.74, 6) is 0.432. The van der Waals surface area contributed by atoms with E-state index in [0.29, 0.717) is 25.4 Å². The van der Waals surface area contributed by atoms with Gasteiger partial charge in [-0.3, -0.25) is 14.3 Å². The first-order valence-corrected chi connectivity index (χ1v) is 9.79. The van der Waals surface area contributed by atoms with Crippen molar-refractivity contribution in [2.45, 2.75) is 70.4 Å². The number of piperidine rings is 1. The normalized spacial score (nSPS) is 22.1. The Morgan fingerprint density at radius 1 is 1.12 bits per heavy atom. The van der Waals surface area contributed by atoms with Gasteiger partial charge in [-0.2, -0.15) is 5.10 Å². The van der Waals surface area contributed by atoms with Crippen molar-refractivity contribution in [3.63, 3.8) is 0 Å². The Hall–Kier alpha value is -1.85. The van der Waals surface area contributed by atoms with E-state index in [1.165, 1.54) is 6.42 Å². The lowest BCUT2D eigenvalue weighted by Gasteiger charge is -2.36. The van der Waals surface area contributed by atoms with Crippen molar-refractivity contribution in [2.24, 2.45) is 0 Å². The molecule has 2 amide bonds. The van der Waals surface area contributed by atoms with E-state index in [2.05, 4.69) is 10.00 Å². The first kappa shape index (κ1) is 18.0. The maximum absolute atomic E-state index is 12.8. The number of likely N-dealkylation sites (tertiary alicyclic amines) is 2. The predicted molar refractivity (Wildman–Crippen MR) is 95.9 cm³/mol. The fourth-order valence-corrected chi connectivity index (χ4v) is 3.99. The summed E-state index contributed by atoms with van der Waals surface area (Å²) in [6.45, 7) is 3.11. The van der Waals surface area contributed by atoms with Gasteiger partial charge in [0, 0.05) is 57.5 Å². The van der Waals surface area contributed by atoms with Crippen molar-refractivity contribution in [1.82, 2.24) is 19.6 Å². The third-order valence-electron chi connectivity index (χ3n) is 5.47. The molecule has 1 aromatic rings. The van der Waals surface area contributed by atoms with Crippen LogP contribution >= 0.6 is 0 Å². The zero-order valence-corrected chi connectivity index (χ0v) is 15.1. The van der Waals surface area contributed by atoms with Crippen LogP contribution in [0.1, 0.15) is 57.8 Å². The molecule has 2 saturated heterocycles. The van der Waals surface area contributed by atoms with Crippen molar-refractivity contribution < 1.29 is 9.59 Å². The first-order chi connectivity index (χ1) is 12.2. The molecule has 2 aliphatic heterocycles. The highest BCUT2D eigenvalue weighted by Gasteiger charge is 2.27. The Bertz CT molecular complexity index is 558. The summed E-state index contributed by atoms with van der Waals surface area (Å²) in [5.41, 5.74) is 0. The van der Waals surface area contributed by atoms with E-state index < -0.39 is 0 Å².